The molecule has 2 aliphatic rings. The van der Waals surface area contributed by atoms with Crippen molar-refractivity contribution in [3.63, 3.8) is 0 Å². The van der Waals surface area contributed by atoms with Gasteiger partial charge in [-0.3, -0.25) is 4.79 Å². The molecule has 1 unspecified atom stereocenters. The molecule has 0 saturated heterocycles. The highest BCUT2D eigenvalue weighted by atomic mass is 16.3. The molecule has 1 heterocycles. The van der Waals surface area contributed by atoms with E-state index in [1.165, 1.54) is 22.9 Å². The monoisotopic (exact) mass is 388 g/mol. The van der Waals surface area contributed by atoms with E-state index in [2.05, 4.69) is 54.8 Å². The first kappa shape index (κ1) is 18.3. The van der Waals surface area contributed by atoms with Gasteiger partial charge >= 0.3 is 0 Å². The minimum absolute atomic E-state index is 0.0323. The van der Waals surface area contributed by atoms with Gasteiger partial charge in [-0.15, -0.1) is 0 Å². The second-order valence-corrected chi connectivity index (χ2v) is 8.87. The van der Waals surface area contributed by atoms with Crippen molar-refractivity contribution in [1.82, 2.24) is 5.32 Å². The number of benzene rings is 2. The van der Waals surface area contributed by atoms with E-state index in [1.54, 1.807) is 0 Å². The van der Waals surface area contributed by atoms with Crippen LogP contribution in [0.15, 0.2) is 47.1 Å². The molecule has 2 aliphatic carbocycles. The molecule has 3 aromatic rings. The van der Waals surface area contributed by atoms with Gasteiger partial charge in [-0.1, -0.05) is 26.0 Å². The molecule has 4 heteroatoms. The van der Waals surface area contributed by atoms with Gasteiger partial charge in [0, 0.05) is 28.7 Å². The maximum atomic E-state index is 12.9. The number of furan rings is 1. The SMILES string of the molecule is CC(C)c1ccc(Nc2ccc3occ4c3c2CC(C(=O)NC2CCC2)C4)cc1. The topological polar surface area (TPSA) is 54.3 Å². The number of carbonyl (C=O) groups excluding carboxylic acids is 1. The Kier molecular flexibility index (Phi) is 4.57. The van der Waals surface area contributed by atoms with Gasteiger partial charge in [0.25, 0.3) is 0 Å². The molecule has 0 bridgehead atoms. The Hall–Kier alpha value is -2.75. The van der Waals surface area contributed by atoms with E-state index in [0.29, 0.717) is 12.0 Å². The number of carbonyl (C=O) groups is 1. The summed E-state index contributed by atoms with van der Waals surface area (Å²) in [5.74, 6) is 0.672. The average Bonchev–Trinajstić information content (AvgIpc) is 3.11. The van der Waals surface area contributed by atoms with Gasteiger partial charge in [-0.25, -0.2) is 0 Å². The molecule has 0 aliphatic heterocycles. The predicted octanol–water partition coefficient (Wildman–Crippen LogP) is 5.68. The molecule has 1 aromatic heterocycles. The Bertz CT molecular complexity index is 1040. The number of hydrogen-bond acceptors (Lipinski definition) is 3. The van der Waals surface area contributed by atoms with E-state index in [9.17, 15) is 4.79 Å². The zero-order valence-electron chi connectivity index (χ0n) is 17.1. The van der Waals surface area contributed by atoms with E-state index in [1.807, 2.05) is 12.3 Å². The van der Waals surface area contributed by atoms with Crippen LogP contribution in [0.25, 0.3) is 11.0 Å². The maximum absolute atomic E-state index is 12.9. The van der Waals surface area contributed by atoms with Crippen LogP contribution in [0.4, 0.5) is 11.4 Å². The highest BCUT2D eigenvalue weighted by molar-refractivity contribution is 5.93. The van der Waals surface area contributed by atoms with Crippen molar-refractivity contribution in [3.8, 4) is 0 Å². The fourth-order valence-electron chi connectivity index (χ4n) is 4.50. The molecule has 1 amide bonds. The zero-order chi connectivity index (χ0) is 20.0. The molecular formula is C25H28N2O2. The number of rotatable bonds is 5. The van der Waals surface area contributed by atoms with Crippen LogP contribution >= 0.6 is 0 Å². The third-order valence-corrected chi connectivity index (χ3v) is 6.52. The first-order chi connectivity index (χ1) is 14.1. The third-order valence-electron chi connectivity index (χ3n) is 6.52. The first-order valence-corrected chi connectivity index (χ1v) is 10.8. The lowest BCUT2D eigenvalue weighted by molar-refractivity contribution is -0.126. The summed E-state index contributed by atoms with van der Waals surface area (Å²) in [5, 5.41) is 8.00. The molecule has 4 nitrogen and oxygen atoms in total. The molecule has 2 N–H and O–H groups in total. The van der Waals surface area contributed by atoms with Crippen molar-refractivity contribution in [2.45, 2.75) is 57.9 Å². The molecule has 0 radical (unpaired) electrons. The summed E-state index contributed by atoms with van der Waals surface area (Å²) in [6, 6.07) is 13.1. The van der Waals surface area contributed by atoms with Gasteiger partial charge in [0.1, 0.15) is 5.58 Å². The molecular weight excluding hydrogens is 360 g/mol. The maximum Gasteiger partial charge on any atom is 0.223 e. The van der Waals surface area contributed by atoms with Crippen LogP contribution in [-0.2, 0) is 17.6 Å². The van der Waals surface area contributed by atoms with Crippen molar-refractivity contribution >= 4 is 28.3 Å². The second kappa shape index (κ2) is 7.25. The second-order valence-electron chi connectivity index (χ2n) is 8.87. The normalized spacial score (nSPS) is 18.7. The Balaban J connectivity index is 1.43. The lowest BCUT2D eigenvalue weighted by Gasteiger charge is -2.30. The van der Waals surface area contributed by atoms with Gasteiger partial charge in [0.2, 0.25) is 5.91 Å². The minimum Gasteiger partial charge on any atom is -0.464 e. The lowest BCUT2D eigenvalue weighted by Crippen LogP contribution is -2.44. The molecule has 1 atom stereocenters. The van der Waals surface area contributed by atoms with E-state index >= 15 is 0 Å². The van der Waals surface area contributed by atoms with Crippen molar-refractivity contribution in [2.75, 3.05) is 5.32 Å². The van der Waals surface area contributed by atoms with Crippen LogP contribution in [0.5, 0.6) is 0 Å². The Morgan fingerprint density at radius 1 is 1.07 bits per heavy atom. The fraction of sp³-hybridized carbons (Fsp3) is 0.400. The zero-order valence-corrected chi connectivity index (χ0v) is 17.1. The van der Waals surface area contributed by atoms with E-state index in [-0.39, 0.29) is 11.8 Å². The quantitative estimate of drug-likeness (QED) is 0.591. The highest BCUT2D eigenvalue weighted by Gasteiger charge is 2.31. The summed E-state index contributed by atoms with van der Waals surface area (Å²) in [5.41, 5.74) is 6.72. The smallest absolute Gasteiger partial charge is 0.223 e. The molecule has 29 heavy (non-hydrogen) atoms. The minimum atomic E-state index is -0.0323. The standard InChI is InChI=1S/C25H28N2O2/c1-15(2)16-6-8-20(9-7-16)26-22-10-11-23-24-18(14-29-23)12-17(13-21(22)24)25(28)27-19-4-3-5-19/h6-11,14-15,17,19,26H,3-5,12-13H2,1-2H3,(H,27,28). The average molecular weight is 389 g/mol. The number of anilines is 2. The predicted molar refractivity (Wildman–Crippen MR) is 117 cm³/mol. The van der Waals surface area contributed by atoms with Crippen LogP contribution in [0.3, 0.4) is 0 Å². The lowest BCUT2D eigenvalue weighted by atomic mass is 9.82. The van der Waals surface area contributed by atoms with Crippen molar-refractivity contribution in [3.05, 3.63) is 59.4 Å². The summed E-state index contributed by atoms with van der Waals surface area (Å²) in [6.07, 6.45) is 6.79. The largest absolute Gasteiger partial charge is 0.464 e. The van der Waals surface area contributed by atoms with Gasteiger partial charge in [0.05, 0.1) is 6.26 Å². The molecule has 1 saturated carbocycles. The van der Waals surface area contributed by atoms with Crippen molar-refractivity contribution < 1.29 is 9.21 Å². The van der Waals surface area contributed by atoms with E-state index < -0.39 is 0 Å². The van der Waals surface area contributed by atoms with Crippen LogP contribution in [0.1, 0.15) is 55.7 Å². The van der Waals surface area contributed by atoms with Crippen LogP contribution in [-0.4, -0.2) is 11.9 Å². The molecule has 0 spiro atoms. The van der Waals surface area contributed by atoms with Gasteiger partial charge in [0.15, 0.2) is 0 Å². The van der Waals surface area contributed by atoms with E-state index in [4.69, 9.17) is 4.42 Å². The van der Waals surface area contributed by atoms with Gasteiger partial charge < -0.3 is 15.1 Å². The molecule has 1 fully saturated rings. The van der Waals surface area contributed by atoms with Gasteiger partial charge in [-0.2, -0.15) is 0 Å². The summed E-state index contributed by atoms with van der Waals surface area (Å²) in [6.45, 7) is 4.41. The summed E-state index contributed by atoms with van der Waals surface area (Å²) in [4.78, 5) is 12.9. The Morgan fingerprint density at radius 2 is 1.86 bits per heavy atom. The van der Waals surface area contributed by atoms with Crippen LogP contribution in [0.2, 0.25) is 0 Å². The summed E-state index contributed by atoms with van der Waals surface area (Å²) >= 11 is 0. The van der Waals surface area contributed by atoms with Gasteiger partial charge in [-0.05, 0) is 79.0 Å². The van der Waals surface area contributed by atoms with E-state index in [0.717, 1.165) is 48.2 Å². The number of hydrogen-bond donors (Lipinski definition) is 2. The molecule has 5 rings (SSSR count). The fourth-order valence-corrected chi connectivity index (χ4v) is 4.50. The summed E-state index contributed by atoms with van der Waals surface area (Å²) in [7, 11) is 0. The Labute approximate surface area is 171 Å². The van der Waals surface area contributed by atoms with Crippen LogP contribution < -0.4 is 10.6 Å². The van der Waals surface area contributed by atoms with Crippen molar-refractivity contribution in [1.29, 1.82) is 0 Å². The number of nitrogens with one attached hydrogen (secondary N) is 2. The third kappa shape index (κ3) is 3.41. The summed E-state index contributed by atoms with van der Waals surface area (Å²) < 4.78 is 5.79. The molecule has 2 aromatic carbocycles. The first-order valence-electron chi connectivity index (χ1n) is 10.8. The Morgan fingerprint density at radius 3 is 2.55 bits per heavy atom. The number of amides is 1. The van der Waals surface area contributed by atoms with Crippen molar-refractivity contribution in [2.24, 2.45) is 5.92 Å². The molecule has 150 valence electrons. The van der Waals surface area contributed by atoms with Crippen LogP contribution in [0, 0.1) is 5.92 Å². The highest BCUT2D eigenvalue weighted by Crippen LogP contribution is 2.39.